The molecule has 0 aliphatic carbocycles. The summed E-state index contributed by atoms with van der Waals surface area (Å²) >= 11 is 0. The van der Waals surface area contributed by atoms with Crippen LogP contribution in [0.15, 0.2) is 4.99 Å². The number of carboxylic acid groups (broad SMARTS) is 2. The monoisotopic (exact) mass is 417 g/mol. The molecule has 0 heterocycles. The van der Waals surface area contributed by atoms with Crippen molar-refractivity contribution in [3.05, 3.63) is 0 Å². The highest BCUT2D eigenvalue weighted by atomic mass is 16.4. The summed E-state index contributed by atoms with van der Waals surface area (Å²) in [5, 5.41) is 24.4. The molecule has 0 saturated carbocycles. The molecule has 11 N–H and O–H groups in total. The third-order valence-electron chi connectivity index (χ3n) is 3.49. The number of nitrogens with zero attached hydrogens (tertiary/aromatic N) is 1. The highest BCUT2D eigenvalue weighted by molar-refractivity contribution is 5.92. The number of nitrogens with two attached hydrogens (primary N) is 3. The topological polar surface area (TPSA) is 252 Å². The van der Waals surface area contributed by atoms with Crippen molar-refractivity contribution in [1.82, 2.24) is 16.0 Å². The molecule has 0 aromatic carbocycles. The van der Waals surface area contributed by atoms with E-state index >= 15 is 0 Å². The summed E-state index contributed by atoms with van der Waals surface area (Å²) in [6.07, 6.45) is -0.257. The predicted octanol–water partition coefficient (Wildman–Crippen LogP) is -3.97. The normalized spacial score (nSPS) is 12.2. The molecule has 0 aromatic rings. The summed E-state index contributed by atoms with van der Waals surface area (Å²) < 4.78 is 0. The largest absolute Gasteiger partial charge is 0.481 e. The molecule has 0 fully saturated rings. The van der Waals surface area contributed by atoms with Crippen LogP contribution in [0.3, 0.4) is 0 Å². The zero-order valence-corrected chi connectivity index (χ0v) is 15.7. The summed E-state index contributed by atoms with van der Waals surface area (Å²) in [7, 11) is 0. The average Bonchev–Trinajstić information content (AvgIpc) is 2.64. The first-order valence-corrected chi connectivity index (χ1v) is 8.63. The molecule has 29 heavy (non-hydrogen) atoms. The molecule has 0 bridgehead atoms. The molecular formula is C15H27N7O7. The van der Waals surface area contributed by atoms with Gasteiger partial charge in [-0.3, -0.25) is 24.2 Å². The van der Waals surface area contributed by atoms with Crippen LogP contribution < -0.4 is 33.2 Å². The van der Waals surface area contributed by atoms with Gasteiger partial charge in [0.05, 0.1) is 13.1 Å². The number of hydrogen-bond donors (Lipinski definition) is 8. The highest BCUT2D eigenvalue weighted by Crippen LogP contribution is 2.00. The Bertz CT molecular complexity index is 635. The van der Waals surface area contributed by atoms with Gasteiger partial charge in [0, 0.05) is 13.0 Å². The minimum absolute atomic E-state index is 0.121. The Kier molecular flexibility index (Phi) is 12.1. The third kappa shape index (κ3) is 12.6. The van der Waals surface area contributed by atoms with Crippen LogP contribution in [0.1, 0.15) is 25.7 Å². The smallest absolute Gasteiger partial charge is 0.326 e. The second-order valence-electron chi connectivity index (χ2n) is 5.88. The maximum atomic E-state index is 12.2. The van der Waals surface area contributed by atoms with Gasteiger partial charge in [-0.2, -0.15) is 0 Å². The molecule has 0 radical (unpaired) electrons. The van der Waals surface area contributed by atoms with Gasteiger partial charge in [-0.05, 0) is 19.3 Å². The van der Waals surface area contributed by atoms with Crippen molar-refractivity contribution in [3.63, 3.8) is 0 Å². The van der Waals surface area contributed by atoms with Crippen LogP contribution in [0.4, 0.5) is 0 Å². The molecule has 3 amide bonds. The van der Waals surface area contributed by atoms with Gasteiger partial charge in [0.2, 0.25) is 17.7 Å². The molecule has 164 valence electrons. The molecule has 0 aliphatic rings. The second-order valence-corrected chi connectivity index (χ2v) is 5.88. The van der Waals surface area contributed by atoms with E-state index in [1.165, 1.54) is 0 Å². The van der Waals surface area contributed by atoms with Crippen molar-refractivity contribution >= 4 is 35.6 Å². The van der Waals surface area contributed by atoms with Gasteiger partial charge >= 0.3 is 11.9 Å². The van der Waals surface area contributed by atoms with E-state index in [2.05, 4.69) is 20.9 Å². The Morgan fingerprint density at radius 1 is 0.931 bits per heavy atom. The zero-order chi connectivity index (χ0) is 22.4. The first-order valence-electron chi connectivity index (χ1n) is 8.63. The summed E-state index contributed by atoms with van der Waals surface area (Å²) in [6.45, 7) is -0.699. The lowest BCUT2D eigenvalue weighted by atomic mass is 10.1. The molecule has 0 saturated heterocycles. The average molecular weight is 417 g/mol. The first-order chi connectivity index (χ1) is 13.6. The Morgan fingerprint density at radius 3 is 2.07 bits per heavy atom. The second kappa shape index (κ2) is 13.7. The van der Waals surface area contributed by atoms with E-state index in [1.807, 2.05) is 0 Å². The van der Waals surface area contributed by atoms with Crippen molar-refractivity contribution in [2.45, 2.75) is 37.8 Å². The maximum Gasteiger partial charge on any atom is 0.326 e. The van der Waals surface area contributed by atoms with Crippen LogP contribution >= 0.6 is 0 Å². The standard InChI is InChI=1S/C15H27N7O7/c16-6-10(23)21-8(2-1-5-19-15(17)18)13(27)20-7-11(24)22-9(14(28)29)3-4-12(25)26/h8-9H,1-7,16H2,(H,20,27)(H,21,23)(H,22,24)(H,25,26)(H,28,29)(H4,17,18,19)/t8-,9-/m0/s1. The Balaban J connectivity index is 4.69. The van der Waals surface area contributed by atoms with Crippen molar-refractivity contribution in [2.24, 2.45) is 22.2 Å². The van der Waals surface area contributed by atoms with E-state index < -0.39 is 54.7 Å². The fraction of sp³-hybridized carbons (Fsp3) is 0.600. The van der Waals surface area contributed by atoms with Crippen molar-refractivity contribution in [1.29, 1.82) is 0 Å². The van der Waals surface area contributed by atoms with Gasteiger partial charge in [0.15, 0.2) is 5.96 Å². The number of guanidine groups is 1. The Hall–Kier alpha value is -3.42. The number of carbonyl (C=O) groups excluding carboxylic acids is 3. The number of aliphatic imine (C=N–C) groups is 1. The first kappa shape index (κ1) is 25.6. The third-order valence-corrected chi connectivity index (χ3v) is 3.49. The lowest BCUT2D eigenvalue weighted by molar-refractivity contribution is -0.143. The van der Waals surface area contributed by atoms with E-state index in [-0.39, 0.29) is 31.9 Å². The number of amides is 3. The number of carboxylic acids is 2. The SMILES string of the molecule is NCC(=O)N[C@@H](CCCN=C(N)N)C(=O)NCC(=O)N[C@@H](CCC(=O)O)C(=O)O. The van der Waals surface area contributed by atoms with Crippen LogP contribution in [-0.2, 0) is 24.0 Å². The van der Waals surface area contributed by atoms with Gasteiger partial charge in [0.25, 0.3) is 0 Å². The van der Waals surface area contributed by atoms with E-state index in [9.17, 15) is 24.0 Å². The number of carbonyl (C=O) groups is 5. The van der Waals surface area contributed by atoms with Crippen LogP contribution in [-0.4, -0.2) is 77.6 Å². The van der Waals surface area contributed by atoms with Crippen molar-refractivity contribution in [2.75, 3.05) is 19.6 Å². The fourth-order valence-corrected chi connectivity index (χ4v) is 2.09. The maximum absolute atomic E-state index is 12.2. The van der Waals surface area contributed by atoms with E-state index in [0.717, 1.165) is 0 Å². The summed E-state index contributed by atoms with van der Waals surface area (Å²) in [5.74, 6) is -4.85. The van der Waals surface area contributed by atoms with Gasteiger partial charge in [-0.15, -0.1) is 0 Å². The quantitative estimate of drug-likeness (QED) is 0.0772. The molecule has 0 unspecified atom stereocenters. The molecule has 14 nitrogen and oxygen atoms in total. The van der Waals surface area contributed by atoms with Gasteiger partial charge in [-0.1, -0.05) is 0 Å². The molecule has 2 atom stereocenters. The Morgan fingerprint density at radius 2 is 1.55 bits per heavy atom. The highest BCUT2D eigenvalue weighted by Gasteiger charge is 2.23. The lowest BCUT2D eigenvalue weighted by Crippen LogP contribution is -2.51. The zero-order valence-electron chi connectivity index (χ0n) is 15.7. The van der Waals surface area contributed by atoms with Crippen LogP contribution in [0, 0.1) is 0 Å². The number of aliphatic carboxylic acids is 2. The predicted molar refractivity (Wildman–Crippen MR) is 100 cm³/mol. The molecule has 0 spiro atoms. The minimum Gasteiger partial charge on any atom is -0.481 e. The van der Waals surface area contributed by atoms with Crippen molar-refractivity contribution in [3.8, 4) is 0 Å². The van der Waals surface area contributed by atoms with Crippen LogP contribution in [0.5, 0.6) is 0 Å². The van der Waals surface area contributed by atoms with Gasteiger partial charge in [0.1, 0.15) is 12.1 Å². The molecule has 0 aliphatic heterocycles. The number of hydrogen-bond acceptors (Lipinski definition) is 7. The number of nitrogens with one attached hydrogen (secondary N) is 3. The van der Waals surface area contributed by atoms with Crippen LogP contribution in [0.25, 0.3) is 0 Å². The molecule has 0 aromatic heterocycles. The summed E-state index contributed by atoms with van der Waals surface area (Å²) in [6, 6.07) is -2.42. The molecule has 0 rings (SSSR count). The van der Waals surface area contributed by atoms with Gasteiger partial charge < -0.3 is 43.4 Å². The molecule has 14 heteroatoms. The van der Waals surface area contributed by atoms with E-state index in [1.54, 1.807) is 0 Å². The Labute approximate surface area is 166 Å². The summed E-state index contributed by atoms with van der Waals surface area (Å²) in [5.41, 5.74) is 15.6. The van der Waals surface area contributed by atoms with Crippen molar-refractivity contribution < 1.29 is 34.2 Å². The minimum atomic E-state index is -1.41. The number of rotatable bonds is 14. The van der Waals surface area contributed by atoms with Gasteiger partial charge in [-0.25, -0.2) is 4.79 Å². The lowest BCUT2D eigenvalue weighted by Gasteiger charge is -2.18. The van der Waals surface area contributed by atoms with Crippen LogP contribution in [0.2, 0.25) is 0 Å². The summed E-state index contributed by atoms with van der Waals surface area (Å²) in [4.78, 5) is 60.9. The van der Waals surface area contributed by atoms with E-state index in [0.29, 0.717) is 6.42 Å². The fourth-order valence-electron chi connectivity index (χ4n) is 2.09. The molecular weight excluding hydrogens is 390 g/mol. The van der Waals surface area contributed by atoms with E-state index in [4.69, 9.17) is 27.4 Å².